The number of aromatic nitrogens is 2. The summed E-state index contributed by atoms with van der Waals surface area (Å²) in [7, 11) is 0. The molecule has 0 fully saturated rings. The highest BCUT2D eigenvalue weighted by Gasteiger charge is 2.18. The molecule has 1 heterocycles. The standard InChI is InChI=1S/C17H12Cl2N2O/c1-11-15(10-22)20-21(16-5-3-2-4-14(16)19)17(11)12-6-8-13(18)9-7-12/h2-10H,1H3. The molecule has 2 aromatic carbocycles. The third-order valence-electron chi connectivity index (χ3n) is 3.47. The summed E-state index contributed by atoms with van der Waals surface area (Å²) in [5.74, 6) is 0. The third-order valence-corrected chi connectivity index (χ3v) is 4.04. The van der Waals surface area contributed by atoms with Crippen LogP contribution in [0.4, 0.5) is 0 Å². The zero-order chi connectivity index (χ0) is 15.7. The fourth-order valence-corrected chi connectivity index (χ4v) is 2.71. The Hall–Kier alpha value is -2.10. The number of para-hydroxylation sites is 1. The van der Waals surface area contributed by atoms with Crippen LogP contribution in [0.25, 0.3) is 16.9 Å². The van der Waals surface area contributed by atoms with Crippen LogP contribution in [0.3, 0.4) is 0 Å². The quantitative estimate of drug-likeness (QED) is 0.635. The lowest BCUT2D eigenvalue weighted by molar-refractivity contribution is 0.111. The van der Waals surface area contributed by atoms with Crippen molar-refractivity contribution in [2.24, 2.45) is 0 Å². The summed E-state index contributed by atoms with van der Waals surface area (Å²) in [5, 5.41) is 5.61. The predicted octanol–water partition coefficient (Wildman–Crippen LogP) is 4.97. The molecule has 5 heteroatoms. The molecule has 0 aliphatic heterocycles. The van der Waals surface area contributed by atoms with Crippen LogP contribution in [0.5, 0.6) is 0 Å². The van der Waals surface area contributed by atoms with Crippen LogP contribution in [0.2, 0.25) is 10.0 Å². The Labute approximate surface area is 138 Å². The second kappa shape index (κ2) is 5.95. The maximum Gasteiger partial charge on any atom is 0.170 e. The van der Waals surface area contributed by atoms with Crippen molar-refractivity contribution in [1.29, 1.82) is 0 Å². The average molecular weight is 331 g/mol. The molecular weight excluding hydrogens is 319 g/mol. The van der Waals surface area contributed by atoms with Crippen LogP contribution in [0, 0.1) is 6.92 Å². The summed E-state index contributed by atoms with van der Waals surface area (Å²) in [6.07, 6.45) is 0.752. The van der Waals surface area contributed by atoms with Gasteiger partial charge in [0.1, 0.15) is 5.69 Å². The summed E-state index contributed by atoms with van der Waals surface area (Å²) < 4.78 is 1.70. The Bertz CT molecular complexity index is 838. The van der Waals surface area contributed by atoms with E-state index in [-0.39, 0.29) is 0 Å². The summed E-state index contributed by atoms with van der Waals surface area (Å²) in [6, 6.07) is 14.8. The molecule has 3 nitrogen and oxygen atoms in total. The van der Waals surface area contributed by atoms with Crippen LogP contribution in [-0.4, -0.2) is 16.1 Å². The molecule has 0 amide bonds. The monoisotopic (exact) mass is 330 g/mol. The van der Waals surface area contributed by atoms with Gasteiger partial charge in [-0.15, -0.1) is 0 Å². The first-order valence-corrected chi connectivity index (χ1v) is 7.43. The van der Waals surface area contributed by atoms with Gasteiger partial charge in [-0.1, -0.05) is 47.5 Å². The molecule has 0 saturated carbocycles. The van der Waals surface area contributed by atoms with Gasteiger partial charge in [-0.3, -0.25) is 4.79 Å². The first-order chi connectivity index (χ1) is 10.6. The van der Waals surface area contributed by atoms with E-state index in [1.165, 1.54) is 0 Å². The number of aldehydes is 1. The van der Waals surface area contributed by atoms with Crippen LogP contribution in [-0.2, 0) is 0 Å². The first kappa shape index (κ1) is 14.8. The zero-order valence-corrected chi connectivity index (χ0v) is 13.3. The second-order valence-electron chi connectivity index (χ2n) is 4.85. The van der Waals surface area contributed by atoms with Crippen LogP contribution in [0.1, 0.15) is 16.1 Å². The molecule has 3 rings (SSSR count). The highest BCUT2D eigenvalue weighted by atomic mass is 35.5. The predicted molar refractivity (Wildman–Crippen MR) is 89.1 cm³/mol. The fourth-order valence-electron chi connectivity index (χ4n) is 2.37. The van der Waals surface area contributed by atoms with Crippen molar-refractivity contribution in [2.45, 2.75) is 6.92 Å². The summed E-state index contributed by atoms with van der Waals surface area (Å²) in [6.45, 7) is 1.87. The molecule has 0 radical (unpaired) electrons. The van der Waals surface area contributed by atoms with E-state index in [0.29, 0.717) is 15.7 Å². The number of carbonyl (C=O) groups excluding carboxylic acids is 1. The molecule has 110 valence electrons. The minimum Gasteiger partial charge on any atom is -0.296 e. The lowest BCUT2D eigenvalue weighted by Gasteiger charge is -2.10. The van der Waals surface area contributed by atoms with Crippen molar-refractivity contribution >= 4 is 29.5 Å². The van der Waals surface area contributed by atoms with Gasteiger partial charge in [0.15, 0.2) is 6.29 Å². The van der Waals surface area contributed by atoms with E-state index in [4.69, 9.17) is 23.2 Å². The van der Waals surface area contributed by atoms with Crippen molar-refractivity contribution in [2.75, 3.05) is 0 Å². The van der Waals surface area contributed by atoms with Gasteiger partial charge in [0.25, 0.3) is 0 Å². The van der Waals surface area contributed by atoms with Gasteiger partial charge < -0.3 is 0 Å². The van der Waals surface area contributed by atoms with Crippen LogP contribution >= 0.6 is 23.2 Å². The maximum atomic E-state index is 11.3. The molecule has 0 bridgehead atoms. The molecule has 22 heavy (non-hydrogen) atoms. The van der Waals surface area contributed by atoms with Gasteiger partial charge >= 0.3 is 0 Å². The van der Waals surface area contributed by atoms with E-state index in [1.807, 2.05) is 37.3 Å². The average Bonchev–Trinajstić information content (AvgIpc) is 2.85. The van der Waals surface area contributed by atoms with Gasteiger partial charge in [-0.25, -0.2) is 4.68 Å². The van der Waals surface area contributed by atoms with E-state index >= 15 is 0 Å². The van der Waals surface area contributed by atoms with E-state index < -0.39 is 0 Å². The number of hydrogen-bond acceptors (Lipinski definition) is 2. The number of halogens is 2. The third kappa shape index (κ3) is 2.54. The van der Waals surface area contributed by atoms with Crippen molar-refractivity contribution in [1.82, 2.24) is 9.78 Å². The number of nitrogens with zero attached hydrogens (tertiary/aromatic N) is 2. The smallest absolute Gasteiger partial charge is 0.170 e. The number of rotatable bonds is 3. The van der Waals surface area contributed by atoms with Crippen molar-refractivity contribution in [3.05, 3.63) is 69.8 Å². The first-order valence-electron chi connectivity index (χ1n) is 6.67. The molecular formula is C17H12Cl2N2O. The zero-order valence-electron chi connectivity index (χ0n) is 11.8. The van der Waals surface area contributed by atoms with Crippen molar-refractivity contribution in [3.8, 4) is 16.9 Å². The molecule has 0 saturated heterocycles. The lowest BCUT2D eigenvalue weighted by atomic mass is 10.1. The second-order valence-corrected chi connectivity index (χ2v) is 5.69. The minimum absolute atomic E-state index is 0.393. The largest absolute Gasteiger partial charge is 0.296 e. The topological polar surface area (TPSA) is 34.9 Å². The summed E-state index contributed by atoms with van der Waals surface area (Å²) >= 11 is 12.2. The molecule has 0 aliphatic carbocycles. The van der Waals surface area contributed by atoms with Gasteiger partial charge in [-0.05, 0) is 31.2 Å². The summed E-state index contributed by atoms with van der Waals surface area (Å²) in [4.78, 5) is 11.3. The van der Waals surface area contributed by atoms with E-state index in [2.05, 4.69) is 5.10 Å². The number of carbonyl (C=O) groups is 1. The highest BCUT2D eigenvalue weighted by molar-refractivity contribution is 6.32. The minimum atomic E-state index is 0.393. The van der Waals surface area contributed by atoms with Gasteiger partial charge in [0.05, 0.1) is 16.4 Å². The Balaban J connectivity index is 2.29. The van der Waals surface area contributed by atoms with E-state index in [1.54, 1.807) is 22.9 Å². The van der Waals surface area contributed by atoms with Gasteiger partial charge in [0.2, 0.25) is 0 Å². The number of benzene rings is 2. The van der Waals surface area contributed by atoms with Crippen LogP contribution in [0.15, 0.2) is 48.5 Å². The molecule has 0 unspecified atom stereocenters. The maximum absolute atomic E-state index is 11.3. The molecule has 0 spiro atoms. The van der Waals surface area contributed by atoms with Gasteiger partial charge in [-0.2, -0.15) is 5.10 Å². The normalized spacial score (nSPS) is 10.7. The van der Waals surface area contributed by atoms with E-state index in [9.17, 15) is 4.79 Å². The highest BCUT2D eigenvalue weighted by Crippen LogP contribution is 2.31. The van der Waals surface area contributed by atoms with Gasteiger partial charge in [0, 0.05) is 16.1 Å². The Morgan fingerprint density at radius 3 is 2.36 bits per heavy atom. The molecule has 0 atom stereocenters. The molecule has 1 aromatic heterocycles. The van der Waals surface area contributed by atoms with Crippen molar-refractivity contribution in [3.63, 3.8) is 0 Å². The molecule has 3 aromatic rings. The van der Waals surface area contributed by atoms with E-state index in [0.717, 1.165) is 28.8 Å². The van der Waals surface area contributed by atoms with Crippen molar-refractivity contribution < 1.29 is 4.79 Å². The molecule has 0 aliphatic rings. The SMILES string of the molecule is Cc1c(C=O)nn(-c2ccccc2Cl)c1-c1ccc(Cl)cc1. The Morgan fingerprint density at radius 1 is 1.05 bits per heavy atom. The molecule has 0 N–H and O–H groups in total. The summed E-state index contributed by atoms with van der Waals surface area (Å²) in [5.41, 5.74) is 3.67. The Morgan fingerprint density at radius 2 is 1.73 bits per heavy atom. The fraction of sp³-hybridized carbons (Fsp3) is 0.0588. The Kier molecular flexibility index (Phi) is 4.01. The number of hydrogen-bond donors (Lipinski definition) is 0. The van der Waals surface area contributed by atoms with Crippen LogP contribution < -0.4 is 0 Å². The lowest BCUT2D eigenvalue weighted by Crippen LogP contribution is -2.00.